The van der Waals surface area contributed by atoms with Gasteiger partial charge in [0.15, 0.2) is 0 Å². The van der Waals surface area contributed by atoms with Gasteiger partial charge < -0.3 is 4.74 Å². The van der Waals surface area contributed by atoms with E-state index >= 15 is 0 Å². The topological polar surface area (TPSA) is 9.23 Å². The number of ether oxygens (including phenoxy) is 1. The summed E-state index contributed by atoms with van der Waals surface area (Å²) in [4.78, 5) is 0. The maximum atomic E-state index is 5.11. The number of benzene rings is 1. The standard InChI is InChI=1S/C11H13BrO/c1-4-9-7-10(12)5-6-11(9)8(2)13-3/h5-7H,2,4H2,1,3H3. The SMILES string of the molecule is C=C(OC)c1ccc(Br)cc1CC. The summed E-state index contributed by atoms with van der Waals surface area (Å²) in [5.74, 6) is 0.726. The number of aryl methyl sites for hydroxylation is 1. The summed E-state index contributed by atoms with van der Waals surface area (Å²) >= 11 is 3.44. The average molecular weight is 241 g/mol. The molecule has 0 saturated carbocycles. The fourth-order valence-corrected chi connectivity index (χ4v) is 1.65. The Balaban J connectivity index is 3.13. The monoisotopic (exact) mass is 240 g/mol. The van der Waals surface area contributed by atoms with Crippen molar-refractivity contribution in [1.82, 2.24) is 0 Å². The molecule has 0 bridgehead atoms. The zero-order valence-corrected chi connectivity index (χ0v) is 9.52. The van der Waals surface area contributed by atoms with Gasteiger partial charge in [-0.3, -0.25) is 0 Å². The molecule has 0 aromatic heterocycles. The lowest BCUT2D eigenvalue weighted by atomic mass is 10.0. The van der Waals surface area contributed by atoms with E-state index in [9.17, 15) is 0 Å². The molecule has 0 heterocycles. The van der Waals surface area contributed by atoms with Crippen LogP contribution < -0.4 is 0 Å². The molecular weight excluding hydrogens is 228 g/mol. The normalized spacial score (nSPS) is 9.77. The summed E-state index contributed by atoms with van der Waals surface area (Å²) in [7, 11) is 1.64. The molecule has 0 unspecified atom stereocenters. The third-order valence-corrected chi connectivity index (χ3v) is 2.49. The third kappa shape index (κ3) is 2.34. The Labute approximate surface area is 87.5 Å². The molecule has 0 atom stereocenters. The van der Waals surface area contributed by atoms with Crippen LogP contribution in [0.1, 0.15) is 18.1 Å². The molecule has 1 nitrogen and oxygen atoms in total. The maximum Gasteiger partial charge on any atom is 0.119 e. The van der Waals surface area contributed by atoms with E-state index in [-0.39, 0.29) is 0 Å². The summed E-state index contributed by atoms with van der Waals surface area (Å²) in [5.41, 5.74) is 2.34. The Hall–Kier alpha value is -0.760. The second-order valence-electron chi connectivity index (χ2n) is 2.78. The minimum absolute atomic E-state index is 0.726. The Morgan fingerprint density at radius 2 is 2.23 bits per heavy atom. The molecular formula is C11H13BrO. The van der Waals surface area contributed by atoms with E-state index in [1.165, 1.54) is 5.56 Å². The first-order valence-corrected chi connectivity index (χ1v) is 5.00. The van der Waals surface area contributed by atoms with Gasteiger partial charge in [-0.1, -0.05) is 29.4 Å². The highest BCUT2D eigenvalue weighted by molar-refractivity contribution is 9.10. The summed E-state index contributed by atoms with van der Waals surface area (Å²) < 4.78 is 6.20. The number of halogens is 1. The lowest BCUT2D eigenvalue weighted by molar-refractivity contribution is 0.371. The highest BCUT2D eigenvalue weighted by atomic mass is 79.9. The Morgan fingerprint density at radius 3 is 2.77 bits per heavy atom. The molecule has 0 saturated heterocycles. The van der Waals surface area contributed by atoms with E-state index in [0.29, 0.717) is 0 Å². The first kappa shape index (κ1) is 10.3. The lowest BCUT2D eigenvalue weighted by Crippen LogP contribution is -1.92. The van der Waals surface area contributed by atoms with Gasteiger partial charge in [-0.25, -0.2) is 0 Å². The number of hydrogen-bond donors (Lipinski definition) is 0. The van der Waals surface area contributed by atoms with Crippen molar-refractivity contribution in [2.45, 2.75) is 13.3 Å². The van der Waals surface area contributed by atoms with Gasteiger partial charge in [-0.2, -0.15) is 0 Å². The first-order chi connectivity index (χ1) is 6.19. The fraction of sp³-hybridized carbons (Fsp3) is 0.273. The molecule has 0 spiro atoms. The van der Waals surface area contributed by atoms with Crippen LogP contribution >= 0.6 is 15.9 Å². The first-order valence-electron chi connectivity index (χ1n) is 4.20. The van der Waals surface area contributed by atoms with Crippen LogP contribution in [0.25, 0.3) is 5.76 Å². The van der Waals surface area contributed by atoms with Gasteiger partial charge >= 0.3 is 0 Å². The van der Waals surface area contributed by atoms with E-state index in [2.05, 4.69) is 35.5 Å². The molecule has 70 valence electrons. The molecule has 0 aliphatic carbocycles. The Bertz CT molecular complexity index is 318. The number of hydrogen-bond acceptors (Lipinski definition) is 1. The van der Waals surface area contributed by atoms with Crippen molar-refractivity contribution >= 4 is 21.7 Å². The number of rotatable bonds is 3. The minimum atomic E-state index is 0.726. The Kier molecular flexibility index (Phi) is 3.55. The summed E-state index contributed by atoms with van der Waals surface area (Å²) in [6.45, 7) is 5.96. The van der Waals surface area contributed by atoms with Crippen molar-refractivity contribution in [2.24, 2.45) is 0 Å². The molecule has 0 radical (unpaired) electrons. The van der Waals surface area contributed by atoms with Crippen molar-refractivity contribution in [3.8, 4) is 0 Å². The van der Waals surface area contributed by atoms with Crippen molar-refractivity contribution in [2.75, 3.05) is 7.11 Å². The van der Waals surface area contributed by atoms with Crippen molar-refractivity contribution in [3.05, 3.63) is 40.4 Å². The van der Waals surface area contributed by atoms with Crippen LogP contribution in [0.15, 0.2) is 29.3 Å². The van der Waals surface area contributed by atoms with Crippen LogP contribution in [-0.4, -0.2) is 7.11 Å². The molecule has 0 aliphatic rings. The summed E-state index contributed by atoms with van der Waals surface area (Å²) in [6.07, 6.45) is 0.983. The second-order valence-corrected chi connectivity index (χ2v) is 3.70. The molecule has 1 rings (SSSR count). The molecule has 0 N–H and O–H groups in total. The zero-order valence-electron chi connectivity index (χ0n) is 7.93. The van der Waals surface area contributed by atoms with Crippen molar-refractivity contribution < 1.29 is 4.74 Å². The van der Waals surface area contributed by atoms with Crippen molar-refractivity contribution in [1.29, 1.82) is 0 Å². The summed E-state index contributed by atoms with van der Waals surface area (Å²) in [5, 5.41) is 0. The smallest absolute Gasteiger partial charge is 0.119 e. The molecule has 1 aromatic rings. The molecule has 0 fully saturated rings. The maximum absolute atomic E-state index is 5.11. The van der Waals surface area contributed by atoms with E-state index in [1.54, 1.807) is 7.11 Å². The molecule has 0 amide bonds. The molecule has 0 aliphatic heterocycles. The van der Waals surface area contributed by atoms with Gasteiger partial charge in [-0.15, -0.1) is 0 Å². The van der Waals surface area contributed by atoms with Gasteiger partial charge in [0.05, 0.1) is 7.11 Å². The largest absolute Gasteiger partial charge is 0.497 e. The zero-order chi connectivity index (χ0) is 9.84. The lowest BCUT2D eigenvalue weighted by Gasteiger charge is -2.09. The van der Waals surface area contributed by atoms with E-state index in [4.69, 9.17) is 4.74 Å². The third-order valence-electron chi connectivity index (χ3n) is 1.99. The van der Waals surface area contributed by atoms with Gasteiger partial charge in [0.2, 0.25) is 0 Å². The highest BCUT2D eigenvalue weighted by Gasteiger charge is 2.04. The van der Waals surface area contributed by atoms with Gasteiger partial charge in [0.25, 0.3) is 0 Å². The van der Waals surface area contributed by atoms with E-state index in [0.717, 1.165) is 22.2 Å². The van der Waals surface area contributed by atoms with Gasteiger partial charge in [0, 0.05) is 10.0 Å². The quantitative estimate of drug-likeness (QED) is 0.734. The number of methoxy groups -OCH3 is 1. The van der Waals surface area contributed by atoms with Crippen LogP contribution in [0.2, 0.25) is 0 Å². The van der Waals surface area contributed by atoms with Gasteiger partial charge in [0.1, 0.15) is 5.76 Å². The molecule has 2 heteroatoms. The Morgan fingerprint density at radius 1 is 1.54 bits per heavy atom. The molecule has 13 heavy (non-hydrogen) atoms. The van der Waals surface area contributed by atoms with Crippen LogP contribution in [0.4, 0.5) is 0 Å². The van der Waals surface area contributed by atoms with Crippen LogP contribution in [-0.2, 0) is 11.2 Å². The minimum Gasteiger partial charge on any atom is -0.497 e. The predicted octanol–water partition coefficient (Wildman–Crippen LogP) is 3.63. The van der Waals surface area contributed by atoms with E-state index in [1.807, 2.05) is 12.1 Å². The van der Waals surface area contributed by atoms with E-state index < -0.39 is 0 Å². The highest BCUT2D eigenvalue weighted by Crippen LogP contribution is 2.22. The van der Waals surface area contributed by atoms with Crippen LogP contribution in [0.5, 0.6) is 0 Å². The van der Waals surface area contributed by atoms with Gasteiger partial charge in [-0.05, 0) is 30.2 Å². The second kappa shape index (κ2) is 4.47. The van der Waals surface area contributed by atoms with Crippen LogP contribution in [0, 0.1) is 0 Å². The fourth-order valence-electron chi connectivity index (χ4n) is 1.24. The summed E-state index contributed by atoms with van der Waals surface area (Å²) in [6, 6.07) is 6.12. The average Bonchev–Trinajstić information content (AvgIpc) is 2.16. The van der Waals surface area contributed by atoms with Crippen molar-refractivity contribution in [3.63, 3.8) is 0 Å². The molecule has 1 aromatic carbocycles. The predicted molar refractivity (Wildman–Crippen MR) is 59.6 cm³/mol. The van der Waals surface area contributed by atoms with Crippen LogP contribution in [0.3, 0.4) is 0 Å².